The highest BCUT2D eigenvalue weighted by Gasteiger charge is 2.18. The average Bonchev–Trinajstić information content (AvgIpc) is 2.14. The van der Waals surface area contributed by atoms with Crippen molar-refractivity contribution >= 4 is 6.21 Å². The van der Waals surface area contributed by atoms with Crippen LogP contribution >= 0.6 is 0 Å². The van der Waals surface area contributed by atoms with Crippen molar-refractivity contribution in [3.63, 3.8) is 0 Å². The van der Waals surface area contributed by atoms with Gasteiger partial charge in [0, 0.05) is 0 Å². The summed E-state index contributed by atoms with van der Waals surface area (Å²) >= 11 is 0. The van der Waals surface area contributed by atoms with Gasteiger partial charge in [-0.2, -0.15) is 0 Å². The molecule has 0 bridgehead atoms. The Labute approximate surface area is 43.2 Å². The van der Waals surface area contributed by atoms with E-state index in [1.54, 1.807) is 7.11 Å². The van der Waals surface area contributed by atoms with Crippen LogP contribution in [-0.2, 0) is 4.74 Å². The van der Waals surface area contributed by atoms with Crippen LogP contribution in [0.3, 0.4) is 0 Å². The quantitative estimate of drug-likeness (QED) is 0.448. The molecular formula is C5H8NO+. The first kappa shape index (κ1) is 4.65. The molecule has 0 saturated carbocycles. The summed E-state index contributed by atoms with van der Waals surface area (Å²) in [5.74, 6) is 0. The number of methoxy groups -OCH3 is 1. The van der Waals surface area contributed by atoms with Crippen molar-refractivity contribution in [2.75, 3.05) is 7.11 Å². The fourth-order valence-electron chi connectivity index (χ4n) is 0.574. The Kier molecular flexibility index (Phi) is 1.32. The maximum atomic E-state index is 4.83. The molecule has 7 heavy (non-hydrogen) atoms. The van der Waals surface area contributed by atoms with Gasteiger partial charge in [0.25, 0.3) is 6.23 Å². The first-order chi connectivity index (χ1) is 3.43. The minimum Gasteiger partial charge on any atom is -0.243 e. The van der Waals surface area contributed by atoms with Crippen LogP contribution in [0.5, 0.6) is 0 Å². The Morgan fingerprint density at radius 3 is 3.00 bits per heavy atom. The van der Waals surface area contributed by atoms with E-state index in [-0.39, 0.29) is 0 Å². The fourth-order valence-corrected chi connectivity index (χ4v) is 0.574. The van der Waals surface area contributed by atoms with Gasteiger partial charge in [-0.05, 0) is 0 Å². The van der Waals surface area contributed by atoms with Crippen LogP contribution in [0.2, 0.25) is 0 Å². The molecule has 1 aliphatic heterocycles. The van der Waals surface area contributed by atoms with Crippen molar-refractivity contribution in [1.82, 2.24) is 0 Å². The lowest BCUT2D eigenvalue weighted by Crippen LogP contribution is -1.88. The average molecular weight is 98.1 g/mol. The standard InChI is InChI=1S/C5H8NO/c1-7-5-3-2-4-6-5/h4H,2-3H2,1H3/q+1. The van der Waals surface area contributed by atoms with Crippen molar-refractivity contribution < 1.29 is 4.74 Å². The van der Waals surface area contributed by atoms with Gasteiger partial charge in [0.1, 0.15) is 12.6 Å². The van der Waals surface area contributed by atoms with Gasteiger partial charge in [0.2, 0.25) is 0 Å². The van der Waals surface area contributed by atoms with Crippen molar-refractivity contribution in [3.8, 4) is 0 Å². The Morgan fingerprint density at radius 2 is 2.71 bits per heavy atom. The maximum Gasteiger partial charge on any atom is 0.282 e. The van der Waals surface area contributed by atoms with Gasteiger partial charge >= 0.3 is 0 Å². The van der Waals surface area contributed by atoms with E-state index in [4.69, 9.17) is 4.74 Å². The molecule has 0 radical (unpaired) electrons. The zero-order valence-electron chi connectivity index (χ0n) is 4.35. The van der Waals surface area contributed by atoms with Crippen LogP contribution in [0.25, 0.3) is 0 Å². The van der Waals surface area contributed by atoms with Crippen molar-refractivity contribution in [3.05, 3.63) is 6.23 Å². The summed E-state index contributed by atoms with van der Waals surface area (Å²) in [7, 11) is 1.65. The summed E-state index contributed by atoms with van der Waals surface area (Å²) in [6, 6.07) is 0. The summed E-state index contributed by atoms with van der Waals surface area (Å²) in [5.41, 5.74) is 0. The van der Waals surface area contributed by atoms with Gasteiger partial charge in [-0.15, -0.1) is 0 Å². The Hall–Kier alpha value is -0.500. The molecule has 1 aliphatic rings. The lowest BCUT2D eigenvalue weighted by atomic mass is 10.4. The molecule has 0 atom stereocenters. The van der Waals surface area contributed by atoms with E-state index in [9.17, 15) is 0 Å². The second-order valence-corrected chi connectivity index (χ2v) is 1.45. The second kappa shape index (κ2) is 1.98. The molecule has 0 unspecified atom stereocenters. The largest absolute Gasteiger partial charge is 0.282 e. The number of ether oxygens (including phenoxy) is 1. The zero-order valence-corrected chi connectivity index (χ0v) is 4.35. The number of hydrogen-bond acceptors (Lipinski definition) is 2. The molecular weight excluding hydrogens is 90.1 g/mol. The summed E-state index contributed by atoms with van der Waals surface area (Å²) in [6.45, 7) is 0. The molecule has 1 rings (SSSR count). The van der Waals surface area contributed by atoms with E-state index < -0.39 is 0 Å². The van der Waals surface area contributed by atoms with E-state index in [1.807, 2.05) is 6.21 Å². The predicted molar refractivity (Wildman–Crippen MR) is 28.0 cm³/mol. The number of rotatable bonds is 1. The maximum absolute atomic E-state index is 4.83. The van der Waals surface area contributed by atoms with Crippen LogP contribution in [-0.4, -0.2) is 13.3 Å². The SMILES string of the molecule is CO[C+]1CCC=N1. The Balaban J connectivity index is 2.28. The van der Waals surface area contributed by atoms with E-state index in [0.717, 1.165) is 19.1 Å². The normalized spacial score (nSPS) is 18.7. The lowest BCUT2D eigenvalue weighted by molar-refractivity contribution is 0.205. The number of aliphatic imine (C=N–C) groups is 1. The van der Waals surface area contributed by atoms with Gasteiger partial charge < -0.3 is 0 Å². The first-order valence-electron chi connectivity index (χ1n) is 2.36. The molecule has 0 saturated heterocycles. The van der Waals surface area contributed by atoms with Crippen LogP contribution in [0, 0.1) is 6.23 Å². The zero-order chi connectivity index (χ0) is 5.11. The molecule has 38 valence electrons. The van der Waals surface area contributed by atoms with E-state index in [0.29, 0.717) is 0 Å². The molecule has 0 aliphatic carbocycles. The molecule has 1 heterocycles. The molecule has 0 aromatic carbocycles. The lowest BCUT2D eigenvalue weighted by Gasteiger charge is -1.86. The van der Waals surface area contributed by atoms with Gasteiger partial charge in [0.15, 0.2) is 0 Å². The van der Waals surface area contributed by atoms with Gasteiger partial charge in [-0.1, -0.05) is 4.99 Å². The van der Waals surface area contributed by atoms with Crippen LogP contribution in [0.4, 0.5) is 0 Å². The highest BCUT2D eigenvalue weighted by Crippen LogP contribution is 2.15. The minimum absolute atomic E-state index is 0.861. The molecule has 0 N–H and O–H groups in total. The monoisotopic (exact) mass is 98.1 g/mol. The first-order valence-corrected chi connectivity index (χ1v) is 2.36. The highest BCUT2D eigenvalue weighted by atomic mass is 16.5. The summed E-state index contributed by atoms with van der Waals surface area (Å²) in [6.07, 6.45) is 4.76. The summed E-state index contributed by atoms with van der Waals surface area (Å²) < 4.78 is 4.83. The van der Waals surface area contributed by atoms with Crippen LogP contribution in [0.15, 0.2) is 4.99 Å². The number of hydrogen-bond donors (Lipinski definition) is 0. The van der Waals surface area contributed by atoms with Gasteiger partial charge in [0.05, 0.1) is 13.5 Å². The van der Waals surface area contributed by atoms with E-state index >= 15 is 0 Å². The third kappa shape index (κ3) is 0.933. The molecule has 0 aromatic rings. The smallest absolute Gasteiger partial charge is 0.243 e. The summed E-state index contributed by atoms with van der Waals surface area (Å²) in [4.78, 5) is 3.92. The molecule has 2 nitrogen and oxygen atoms in total. The van der Waals surface area contributed by atoms with E-state index in [1.165, 1.54) is 0 Å². The van der Waals surface area contributed by atoms with Crippen molar-refractivity contribution in [2.24, 2.45) is 4.99 Å². The fraction of sp³-hybridized carbons (Fsp3) is 0.600. The van der Waals surface area contributed by atoms with Gasteiger partial charge in [-0.3, -0.25) is 0 Å². The molecule has 0 fully saturated rings. The molecule has 0 spiro atoms. The van der Waals surface area contributed by atoms with Gasteiger partial charge in [-0.25, -0.2) is 4.74 Å². The molecule has 0 amide bonds. The van der Waals surface area contributed by atoms with Crippen LogP contribution in [0.1, 0.15) is 12.8 Å². The van der Waals surface area contributed by atoms with Crippen molar-refractivity contribution in [2.45, 2.75) is 12.8 Å². The third-order valence-corrected chi connectivity index (χ3v) is 0.958. The molecule has 2 heteroatoms. The predicted octanol–water partition coefficient (Wildman–Crippen LogP) is 0.987. The number of nitrogens with zero attached hydrogens (tertiary/aromatic N) is 1. The Bertz CT molecular complexity index is 80.1. The minimum atomic E-state index is 0.861. The highest BCUT2D eigenvalue weighted by molar-refractivity contribution is 5.61. The van der Waals surface area contributed by atoms with Crippen LogP contribution < -0.4 is 0 Å². The van der Waals surface area contributed by atoms with Crippen molar-refractivity contribution in [1.29, 1.82) is 0 Å². The Morgan fingerprint density at radius 1 is 1.86 bits per heavy atom. The topological polar surface area (TPSA) is 21.6 Å². The third-order valence-electron chi connectivity index (χ3n) is 0.958. The second-order valence-electron chi connectivity index (χ2n) is 1.45. The van der Waals surface area contributed by atoms with E-state index in [2.05, 4.69) is 4.99 Å². The molecule has 0 aromatic heterocycles. The summed E-state index contributed by atoms with van der Waals surface area (Å²) in [5, 5.41) is 0.